The van der Waals surface area contributed by atoms with E-state index in [1.54, 1.807) is 36.4 Å². The normalized spacial score (nSPS) is 14.8. The van der Waals surface area contributed by atoms with Crippen LogP contribution in [0.4, 0.5) is 24.7 Å². The molecular formula is C48H50F3N9O8. The minimum Gasteiger partial charge on any atom is -0.444 e. The highest BCUT2D eigenvalue weighted by molar-refractivity contribution is 6.24. The molecule has 68 heavy (non-hydrogen) atoms. The molecule has 2 aromatic carbocycles. The van der Waals surface area contributed by atoms with Crippen molar-refractivity contribution in [1.29, 1.82) is 0 Å². The van der Waals surface area contributed by atoms with E-state index in [4.69, 9.17) is 10.2 Å². The molecule has 6 amide bonds. The van der Waals surface area contributed by atoms with Crippen LogP contribution in [0.3, 0.4) is 0 Å². The highest BCUT2D eigenvalue weighted by atomic mass is 19.4. The standard InChI is InChI=1S/C48H50F3N9O8/c49-48(50,51)28-54-38-25-31(23-24-53-38)45-56-35(27-68-45)43(64)55-34-26-59(58-41(34)42(52)63)32-19-17-29(18-20-32)37(61)16-11-9-7-5-3-1-2-4-6-8-10-13-30-14-12-15-33-40(30)47(67)60(46(33)66)36-21-22-39(62)57-44(36)65/h12,14-15,17-20,23-27,36H,1-11,13,16,21-22,28H2,(H2,52,63)(H,53,54)(H,55,64)(H,57,62,65). The van der Waals surface area contributed by atoms with E-state index in [1.807, 2.05) is 6.07 Å². The summed E-state index contributed by atoms with van der Waals surface area (Å²) in [5, 5.41) is 11.2. The third-order valence-corrected chi connectivity index (χ3v) is 11.8. The number of aromatic nitrogens is 4. The van der Waals surface area contributed by atoms with Gasteiger partial charge < -0.3 is 20.8 Å². The molecule has 5 N–H and O–H groups in total. The molecule has 7 rings (SSSR count). The van der Waals surface area contributed by atoms with E-state index in [9.17, 15) is 46.7 Å². The number of piperidine rings is 1. The van der Waals surface area contributed by atoms with Crippen molar-refractivity contribution in [2.45, 2.75) is 109 Å². The van der Waals surface area contributed by atoms with Crippen molar-refractivity contribution in [3.05, 3.63) is 107 Å². The van der Waals surface area contributed by atoms with Gasteiger partial charge in [-0.05, 0) is 73.7 Å². The Balaban J connectivity index is 0.772. The maximum Gasteiger partial charge on any atom is 0.405 e. The summed E-state index contributed by atoms with van der Waals surface area (Å²) < 4.78 is 44.6. The first-order valence-electron chi connectivity index (χ1n) is 22.6. The van der Waals surface area contributed by atoms with Gasteiger partial charge in [0.1, 0.15) is 24.7 Å². The van der Waals surface area contributed by atoms with Gasteiger partial charge in [0.05, 0.1) is 28.7 Å². The fourth-order valence-electron chi connectivity index (χ4n) is 8.26. The molecule has 0 saturated carbocycles. The van der Waals surface area contributed by atoms with Gasteiger partial charge >= 0.3 is 6.18 Å². The molecule has 17 nitrogen and oxygen atoms in total. The summed E-state index contributed by atoms with van der Waals surface area (Å²) in [6.07, 6.45) is 11.7. The molecule has 5 aromatic rings. The van der Waals surface area contributed by atoms with Gasteiger partial charge in [0.15, 0.2) is 17.2 Å². The van der Waals surface area contributed by atoms with Crippen LogP contribution < -0.4 is 21.7 Å². The van der Waals surface area contributed by atoms with Gasteiger partial charge in [0.25, 0.3) is 23.6 Å². The van der Waals surface area contributed by atoms with Crippen molar-refractivity contribution in [2.24, 2.45) is 5.73 Å². The van der Waals surface area contributed by atoms with Gasteiger partial charge in [-0.2, -0.15) is 18.3 Å². The zero-order valence-electron chi connectivity index (χ0n) is 37.0. The second-order valence-corrected chi connectivity index (χ2v) is 16.7. The van der Waals surface area contributed by atoms with Crippen molar-refractivity contribution in [3.63, 3.8) is 0 Å². The number of Topliss-reactive ketones (excluding diaryl/α,β-unsaturated/α-hetero) is 1. The van der Waals surface area contributed by atoms with Crippen molar-refractivity contribution in [3.8, 4) is 17.1 Å². The lowest BCUT2D eigenvalue weighted by atomic mass is 9.97. The van der Waals surface area contributed by atoms with E-state index in [0.717, 1.165) is 87.4 Å². The van der Waals surface area contributed by atoms with Crippen LogP contribution in [0.1, 0.15) is 148 Å². The Bertz CT molecular complexity index is 2700. The molecule has 1 unspecified atom stereocenters. The molecule has 3 aromatic heterocycles. The second kappa shape index (κ2) is 21.9. The molecule has 1 atom stereocenters. The number of amides is 6. The van der Waals surface area contributed by atoms with Gasteiger partial charge in [-0.3, -0.25) is 43.8 Å². The Morgan fingerprint density at radius 1 is 0.868 bits per heavy atom. The molecule has 20 heteroatoms. The van der Waals surface area contributed by atoms with Crippen LogP contribution in [0.2, 0.25) is 0 Å². The number of oxazole rings is 1. The molecule has 1 fully saturated rings. The minimum atomic E-state index is -4.45. The van der Waals surface area contributed by atoms with Crippen LogP contribution in [-0.2, 0) is 16.0 Å². The predicted octanol–water partition coefficient (Wildman–Crippen LogP) is 7.76. The van der Waals surface area contributed by atoms with Gasteiger partial charge in [-0.25, -0.2) is 14.6 Å². The van der Waals surface area contributed by atoms with Crippen LogP contribution in [0, 0.1) is 0 Å². The molecule has 0 spiro atoms. The van der Waals surface area contributed by atoms with Crippen LogP contribution in [0.5, 0.6) is 0 Å². The summed E-state index contributed by atoms with van der Waals surface area (Å²) in [6, 6.07) is 13.6. The Labute approximate surface area is 388 Å². The average Bonchev–Trinajstić information content (AvgIpc) is 4.05. The van der Waals surface area contributed by atoms with E-state index in [1.165, 1.54) is 29.2 Å². The summed E-state index contributed by atoms with van der Waals surface area (Å²) in [4.78, 5) is 97.7. The molecular weight excluding hydrogens is 888 g/mol. The molecule has 2 aliphatic rings. The molecule has 0 radical (unpaired) electrons. The van der Waals surface area contributed by atoms with Crippen LogP contribution >= 0.6 is 0 Å². The molecule has 1 saturated heterocycles. The number of ketones is 1. The average molecular weight is 938 g/mol. The van der Waals surface area contributed by atoms with Crippen molar-refractivity contribution >= 4 is 52.7 Å². The number of nitrogens with zero attached hydrogens (tertiary/aromatic N) is 5. The summed E-state index contributed by atoms with van der Waals surface area (Å²) in [7, 11) is 0. The van der Waals surface area contributed by atoms with Crippen molar-refractivity contribution < 1.29 is 51.2 Å². The minimum absolute atomic E-state index is 0.00118. The number of rotatable bonds is 23. The van der Waals surface area contributed by atoms with E-state index >= 15 is 0 Å². The number of carbonyl (C=O) groups excluding carboxylic acids is 7. The molecule has 0 aliphatic carbocycles. The number of carbonyl (C=O) groups is 7. The Morgan fingerprint density at radius 2 is 1.56 bits per heavy atom. The number of nitrogens with one attached hydrogen (secondary N) is 3. The Hall–Kier alpha value is -7.51. The lowest BCUT2D eigenvalue weighted by Gasteiger charge is -2.27. The van der Waals surface area contributed by atoms with E-state index in [-0.39, 0.29) is 53.0 Å². The molecule has 0 bridgehead atoms. The van der Waals surface area contributed by atoms with Crippen LogP contribution in [0.15, 0.2) is 77.7 Å². The van der Waals surface area contributed by atoms with Crippen LogP contribution in [0.25, 0.3) is 17.1 Å². The van der Waals surface area contributed by atoms with Gasteiger partial charge in [-0.15, -0.1) is 0 Å². The third-order valence-electron chi connectivity index (χ3n) is 11.8. The number of hydrogen-bond donors (Lipinski definition) is 4. The fraction of sp³-hybridized carbons (Fsp3) is 0.375. The number of fused-ring (bicyclic) bond motifs is 1. The van der Waals surface area contributed by atoms with Gasteiger partial charge in [-0.1, -0.05) is 69.9 Å². The van der Waals surface area contributed by atoms with E-state index < -0.39 is 54.2 Å². The monoisotopic (exact) mass is 937 g/mol. The lowest BCUT2D eigenvalue weighted by Crippen LogP contribution is -2.54. The molecule has 2 aliphatic heterocycles. The SMILES string of the molecule is NC(=O)c1nn(-c2ccc(C(=O)CCCCCCCCCCCCCc3cccc4c3C(=O)N(C3CCC(=O)NC3=O)C4=O)cc2)cc1NC(=O)c1coc(-c2ccnc(NCC(F)(F)F)c2)n1. The summed E-state index contributed by atoms with van der Waals surface area (Å²) in [5.41, 5.74) is 7.88. The first kappa shape index (κ1) is 48.4. The quantitative estimate of drug-likeness (QED) is 0.0279. The number of hydrogen-bond acceptors (Lipinski definition) is 12. The van der Waals surface area contributed by atoms with Crippen molar-refractivity contribution in [2.75, 3.05) is 17.2 Å². The number of primary amides is 1. The highest BCUT2D eigenvalue weighted by Gasteiger charge is 2.45. The number of halogens is 3. The highest BCUT2D eigenvalue weighted by Crippen LogP contribution is 2.31. The number of aryl methyl sites for hydroxylation is 1. The fourth-order valence-corrected chi connectivity index (χ4v) is 8.26. The van der Waals surface area contributed by atoms with Gasteiger partial charge in [0.2, 0.25) is 17.7 Å². The van der Waals surface area contributed by atoms with Crippen LogP contribution in [-0.4, -0.2) is 84.6 Å². The number of pyridine rings is 1. The zero-order valence-corrected chi connectivity index (χ0v) is 37.0. The number of nitrogens with two attached hydrogens (primary N) is 1. The third kappa shape index (κ3) is 12.1. The van der Waals surface area contributed by atoms with Crippen molar-refractivity contribution in [1.82, 2.24) is 30.0 Å². The molecule has 5 heterocycles. The zero-order chi connectivity index (χ0) is 48.4. The Kier molecular flexibility index (Phi) is 15.6. The maximum atomic E-state index is 13.3. The predicted molar refractivity (Wildman–Crippen MR) is 241 cm³/mol. The first-order valence-corrected chi connectivity index (χ1v) is 22.6. The summed E-state index contributed by atoms with van der Waals surface area (Å²) in [5.74, 6) is -3.79. The number of benzene rings is 2. The number of unbranched alkanes of at least 4 members (excludes halogenated alkanes) is 10. The topological polar surface area (TPSA) is 242 Å². The maximum absolute atomic E-state index is 13.3. The number of anilines is 2. The Morgan fingerprint density at radius 3 is 2.24 bits per heavy atom. The smallest absolute Gasteiger partial charge is 0.405 e. The second-order valence-electron chi connectivity index (χ2n) is 16.7. The van der Waals surface area contributed by atoms with Gasteiger partial charge in [0, 0.05) is 30.2 Å². The summed E-state index contributed by atoms with van der Waals surface area (Å²) >= 11 is 0. The summed E-state index contributed by atoms with van der Waals surface area (Å²) in [6.45, 7) is -1.30. The molecule has 356 valence electrons. The first-order chi connectivity index (χ1) is 32.7. The largest absolute Gasteiger partial charge is 0.444 e. The number of imide groups is 2. The van der Waals surface area contributed by atoms with E-state index in [0.29, 0.717) is 35.2 Å². The van der Waals surface area contributed by atoms with E-state index in [2.05, 4.69) is 31.0 Å². The number of alkyl halides is 3. The lowest BCUT2D eigenvalue weighted by molar-refractivity contribution is -0.136.